The molecule has 0 bridgehead atoms. The first-order chi connectivity index (χ1) is 17.5. The molecule has 2 aromatic rings. The van der Waals surface area contributed by atoms with Crippen LogP contribution in [0, 0.1) is 12.8 Å². The average molecular weight is 568 g/mol. The van der Waals surface area contributed by atoms with E-state index in [9.17, 15) is 34.8 Å². The number of benzene rings is 1. The molecule has 0 radical (unpaired) electrons. The minimum Gasteiger partial charge on any atom is -0.382 e. The van der Waals surface area contributed by atoms with Crippen molar-refractivity contribution in [3.8, 4) is 11.3 Å². The van der Waals surface area contributed by atoms with Crippen LogP contribution in [-0.2, 0) is 16.2 Å². The smallest absolute Gasteiger partial charge is 0.382 e. The second kappa shape index (κ2) is 11.6. The van der Waals surface area contributed by atoms with Crippen LogP contribution in [0.1, 0.15) is 49.7 Å². The van der Waals surface area contributed by atoms with Crippen molar-refractivity contribution >= 4 is 21.5 Å². The number of aromatic nitrogens is 2. The predicted molar refractivity (Wildman–Crippen MR) is 133 cm³/mol. The Hall–Kier alpha value is -2.61. The van der Waals surface area contributed by atoms with Crippen LogP contribution >= 0.6 is 0 Å². The molecule has 3 N–H and O–H groups in total. The minimum atomic E-state index is -4.60. The number of anilines is 2. The zero-order valence-electron chi connectivity index (χ0n) is 21.0. The van der Waals surface area contributed by atoms with E-state index in [1.165, 1.54) is 18.9 Å². The second-order valence-corrected chi connectivity index (χ2v) is 11.5. The van der Waals surface area contributed by atoms with Gasteiger partial charge >= 0.3 is 12.4 Å². The molecule has 1 aliphatic heterocycles. The molecule has 1 aliphatic carbocycles. The summed E-state index contributed by atoms with van der Waals surface area (Å²) in [6.45, 7) is 2.77. The van der Waals surface area contributed by atoms with Gasteiger partial charge in [0.25, 0.3) is 0 Å². The van der Waals surface area contributed by atoms with Crippen molar-refractivity contribution in [2.75, 3.05) is 29.8 Å². The molecular formula is C24H31F6N5O2S. The molecule has 212 valence electrons. The van der Waals surface area contributed by atoms with E-state index in [2.05, 4.69) is 19.8 Å². The van der Waals surface area contributed by atoms with E-state index in [0.29, 0.717) is 30.5 Å². The summed E-state index contributed by atoms with van der Waals surface area (Å²) < 4.78 is 101. The molecule has 4 rings (SSSR count). The highest BCUT2D eigenvalue weighted by molar-refractivity contribution is 7.92. The molecule has 1 aromatic carbocycles. The molecule has 1 atom stereocenters. The van der Waals surface area contributed by atoms with E-state index < -0.39 is 33.9 Å². The van der Waals surface area contributed by atoms with Crippen molar-refractivity contribution in [1.82, 2.24) is 15.1 Å². The molecule has 0 amide bonds. The van der Waals surface area contributed by atoms with Crippen molar-refractivity contribution in [2.24, 2.45) is 5.92 Å². The van der Waals surface area contributed by atoms with Crippen LogP contribution in [0.4, 0.5) is 37.8 Å². The molecule has 1 saturated carbocycles. The predicted octanol–water partition coefficient (Wildman–Crippen LogP) is 5.63. The van der Waals surface area contributed by atoms with Crippen molar-refractivity contribution in [2.45, 2.75) is 63.8 Å². The first kappa shape index (κ1) is 29.9. The second-order valence-electron chi connectivity index (χ2n) is 9.74. The Morgan fingerprint density at radius 1 is 1.00 bits per heavy atom. The highest BCUT2D eigenvalue weighted by Gasteiger charge is 2.43. The van der Waals surface area contributed by atoms with Gasteiger partial charge in [0.1, 0.15) is 5.82 Å². The lowest BCUT2D eigenvalue weighted by Gasteiger charge is -2.37. The standard InChI is InChI=1S/C13H13F3N4O2S.C11H18F3N/c1-7-5-10(18-19-12(7)17)9-4-3-8(13(14,15)16)6-11(9)20-23(2,21)22;12-11(13,14)9-4-3-7-15(8-9)10-5-1-2-6-10/h3-6,20H,1-2H3,(H2,17,19);9-10H,1-8H2. The molecule has 7 nitrogen and oxygen atoms in total. The minimum absolute atomic E-state index is 0.166. The van der Waals surface area contributed by atoms with E-state index in [1.54, 1.807) is 6.92 Å². The van der Waals surface area contributed by atoms with Crippen LogP contribution in [0.25, 0.3) is 11.3 Å². The number of nitrogens with one attached hydrogen (secondary N) is 1. The first-order valence-electron chi connectivity index (χ1n) is 12.1. The van der Waals surface area contributed by atoms with Gasteiger partial charge in [-0.3, -0.25) is 9.62 Å². The van der Waals surface area contributed by atoms with Crippen LogP contribution in [0.2, 0.25) is 0 Å². The number of alkyl halides is 6. The van der Waals surface area contributed by atoms with Crippen LogP contribution < -0.4 is 10.5 Å². The van der Waals surface area contributed by atoms with Gasteiger partial charge in [0.15, 0.2) is 0 Å². The van der Waals surface area contributed by atoms with E-state index >= 15 is 0 Å². The fourth-order valence-electron chi connectivity index (χ4n) is 4.73. The highest BCUT2D eigenvalue weighted by atomic mass is 32.2. The zero-order chi connectivity index (χ0) is 28.3. The molecule has 0 spiro atoms. The quantitative estimate of drug-likeness (QED) is 0.465. The molecular weight excluding hydrogens is 536 g/mol. The Bertz CT molecular complexity index is 1210. The van der Waals surface area contributed by atoms with Gasteiger partial charge in [0.2, 0.25) is 10.0 Å². The maximum atomic E-state index is 12.8. The number of nitrogens with two attached hydrogens (primary N) is 1. The average Bonchev–Trinajstić information content (AvgIpc) is 3.34. The molecule has 1 saturated heterocycles. The van der Waals surface area contributed by atoms with E-state index in [-0.39, 0.29) is 29.3 Å². The van der Waals surface area contributed by atoms with Crippen LogP contribution in [0.5, 0.6) is 0 Å². The van der Waals surface area contributed by atoms with Crippen LogP contribution in [0.3, 0.4) is 0 Å². The van der Waals surface area contributed by atoms with Gasteiger partial charge in [-0.15, -0.1) is 10.2 Å². The molecule has 14 heteroatoms. The van der Waals surface area contributed by atoms with Gasteiger partial charge in [-0.25, -0.2) is 8.42 Å². The van der Waals surface area contributed by atoms with E-state index in [0.717, 1.165) is 37.8 Å². The summed E-state index contributed by atoms with van der Waals surface area (Å²) in [6.07, 6.45) is -2.12. The van der Waals surface area contributed by atoms with Gasteiger partial charge in [0.05, 0.1) is 29.1 Å². The number of piperidine rings is 1. The van der Waals surface area contributed by atoms with Gasteiger partial charge in [-0.2, -0.15) is 26.3 Å². The fourth-order valence-corrected chi connectivity index (χ4v) is 5.30. The molecule has 1 aromatic heterocycles. The maximum Gasteiger partial charge on any atom is 0.416 e. The summed E-state index contributed by atoms with van der Waals surface area (Å²) in [7, 11) is -3.78. The number of halogens is 6. The number of hydrogen-bond acceptors (Lipinski definition) is 6. The van der Waals surface area contributed by atoms with Gasteiger partial charge in [-0.1, -0.05) is 18.9 Å². The summed E-state index contributed by atoms with van der Waals surface area (Å²) in [4.78, 5) is 2.08. The lowest BCUT2D eigenvalue weighted by molar-refractivity contribution is -0.188. The first-order valence-corrected chi connectivity index (χ1v) is 14.0. The van der Waals surface area contributed by atoms with E-state index in [4.69, 9.17) is 5.73 Å². The third-order valence-electron chi connectivity index (χ3n) is 6.70. The SMILES string of the molecule is Cc1cc(-c2ccc(C(F)(F)F)cc2NS(C)(=O)=O)nnc1N.FC(F)(F)C1CCCN(C2CCCC2)C1. The van der Waals surface area contributed by atoms with Gasteiger partial charge in [0, 0.05) is 18.2 Å². The maximum absolute atomic E-state index is 12.8. The Morgan fingerprint density at radius 3 is 2.21 bits per heavy atom. The van der Waals surface area contributed by atoms with Crippen LogP contribution in [0.15, 0.2) is 24.3 Å². The van der Waals surface area contributed by atoms with Crippen molar-refractivity contribution in [3.63, 3.8) is 0 Å². The summed E-state index contributed by atoms with van der Waals surface area (Å²) in [6, 6.07) is 4.64. The fraction of sp³-hybridized carbons (Fsp3) is 0.583. The number of rotatable bonds is 4. The van der Waals surface area contributed by atoms with Gasteiger partial charge in [-0.05, 0) is 62.9 Å². The Balaban J connectivity index is 0.000000230. The highest BCUT2D eigenvalue weighted by Crippen LogP contribution is 2.37. The molecule has 1 unspecified atom stereocenters. The number of sulfonamides is 1. The molecule has 38 heavy (non-hydrogen) atoms. The van der Waals surface area contributed by atoms with Crippen molar-refractivity contribution in [1.29, 1.82) is 0 Å². The van der Waals surface area contributed by atoms with Crippen LogP contribution in [-0.4, -0.2) is 55.1 Å². The number of aryl methyl sites for hydroxylation is 1. The summed E-state index contributed by atoms with van der Waals surface area (Å²) in [5, 5.41) is 7.49. The number of nitrogen functional groups attached to an aromatic ring is 1. The Labute approximate surface area is 217 Å². The lowest BCUT2D eigenvalue weighted by atomic mass is 9.96. The van der Waals surface area contributed by atoms with Crippen molar-refractivity contribution < 1.29 is 34.8 Å². The van der Waals surface area contributed by atoms with E-state index in [1.807, 2.05) is 0 Å². The number of hydrogen-bond donors (Lipinski definition) is 2. The summed E-state index contributed by atoms with van der Waals surface area (Å²) in [5.41, 5.74) is 5.28. The molecule has 2 aliphatic rings. The normalized spacial score (nSPS) is 19.6. The molecule has 2 heterocycles. The summed E-state index contributed by atoms with van der Waals surface area (Å²) in [5.74, 6) is -0.898. The third kappa shape index (κ3) is 8.19. The Morgan fingerprint density at radius 2 is 1.66 bits per heavy atom. The monoisotopic (exact) mass is 567 g/mol. The number of likely N-dealkylation sites (tertiary alicyclic amines) is 1. The summed E-state index contributed by atoms with van der Waals surface area (Å²) >= 11 is 0. The third-order valence-corrected chi connectivity index (χ3v) is 7.29. The Kier molecular flexibility index (Phi) is 9.17. The molecule has 2 fully saturated rings. The lowest BCUT2D eigenvalue weighted by Crippen LogP contribution is -2.45. The largest absolute Gasteiger partial charge is 0.416 e. The zero-order valence-corrected chi connectivity index (χ0v) is 21.8. The van der Waals surface area contributed by atoms with Crippen molar-refractivity contribution in [3.05, 3.63) is 35.4 Å². The van der Waals surface area contributed by atoms with Gasteiger partial charge < -0.3 is 5.73 Å². The topological polar surface area (TPSA) is 101 Å². The number of nitrogens with zero attached hydrogens (tertiary/aromatic N) is 3.